The second kappa shape index (κ2) is 4.16. The predicted octanol–water partition coefficient (Wildman–Crippen LogP) is 2.21. The Labute approximate surface area is 78.7 Å². The monoisotopic (exact) mass is 226 g/mol. The largest absolute Gasteiger partial charge is 0.298 e. The van der Waals surface area contributed by atoms with Crippen LogP contribution in [0.15, 0.2) is 18.2 Å². The van der Waals surface area contributed by atoms with E-state index in [9.17, 15) is 9.59 Å². The first-order valence-corrected chi connectivity index (χ1v) is 4.52. The molecule has 12 heavy (non-hydrogen) atoms. The highest BCUT2D eigenvalue weighted by molar-refractivity contribution is 9.08. The molecular weight excluding hydrogens is 220 g/mol. The average molecular weight is 227 g/mol. The lowest BCUT2D eigenvalue weighted by molar-refractivity contribution is 0.112. The molecule has 0 saturated carbocycles. The fraction of sp³-hybridized carbons (Fsp3) is 0.111. The SMILES string of the molecule is O=Cc1cc(C=O)cc(CBr)c1. The highest BCUT2D eigenvalue weighted by Gasteiger charge is 1.98. The molecule has 0 aliphatic rings. The number of rotatable bonds is 3. The fourth-order valence-corrected chi connectivity index (χ4v) is 1.28. The average Bonchev–Trinajstić information content (AvgIpc) is 2.16. The van der Waals surface area contributed by atoms with E-state index in [1.807, 2.05) is 0 Å². The van der Waals surface area contributed by atoms with Crippen LogP contribution in [0.4, 0.5) is 0 Å². The van der Waals surface area contributed by atoms with Gasteiger partial charge in [0.15, 0.2) is 0 Å². The van der Waals surface area contributed by atoms with Gasteiger partial charge in [-0.2, -0.15) is 0 Å². The molecule has 0 heterocycles. The summed E-state index contributed by atoms with van der Waals surface area (Å²) in [5, 5.41) is 0.648. The molecule has 0 unspecified atom stereocenters. The number of aldehydes is 2. The van der Waals surface area contributed by atoms with Crippen molar-refractivity contribution in [3.8, 4) is 0 Å². The highest BCUT2D eigenvalue weighted by atomic mass is 79.9. The van der Waals surface area contributed by atoms with Crippen molar-refractivity contribution >= 4 is 28.5 Å². The summed E-state index contributed by atoms with van der Waals surface area (Å²) >= 11 is 3.25. The van der Waals surface area contributed by atoms with Gasteiger partial charge in [-0.1, -0.05) is 15.9 Å². The normalized spacial score (nSPS) is 9.42. The molecule has 0 spiro atoms. The molecule has 3 heteroatoms. The maximum Gasteiger partial charge on any atom is 0.150 e. The standard InChI is InChI=1S/C9H7BrO2/c10-4-7-1-8(5-11)3-9(2-7)6-12/h1-3,5-6H,4H2. The molecule has 0 bridgehead atoms. The van der Waals surface area contributed by atoms with Gasteiger partial charge < -0.3 is 0 Å². The van der Waals surface area contributed by atoms with Crippen LogP contribution in [-0.2, 0) is 5.33 Å². The smallest absolute Gasteiger partial charge is 0.150 e. The van der Waals surface area contributed by atoms with E-state index in [1.54, 1.807) is 18.2 Å². The zero-order valence-electron chi connectivity index (χ0n) is 6.29. The Morgan fingerprint density at radius 3 is 1.92 bits per heavy atom. The lowest BCUT2D eigenvalue weighted by Crippen LogP contribution is -1.89. The summed E-state index contributed by atoms with van der Waals surface area (Å²) in [6.07, 6.45) is 1.47. The second-order valence-corrected chi connectivity index (χ2v) is 2.94. The van der Waals surface area contributed by atoms with Crippen molar-refractivity contribution in [1.82, 2.24) is 0 Å². The van der Waals surface area contributed by atoms with Crippen molar-refractivity contribution < 1.29 is 9.59 Å². The van der Waals surface area contributed by atoms with E-state index in [1.165, 1.54) is 0 Å². The van der Waals surface area contributed by atoms with Gasteiger partial charge in [0.25, 0.3) is 0 Å². The van der Waals surface area contributed by atoms with Gasteiger partial charge >= 0.3 is 0 Å². The van der Waals surface area contributed by atoms with Crippen LogP contribution in [0.25, 0.3) is 0 Å². The van der Waals surface area contributed by atoms with Crippen molar-refractivity contribution in [2.24, 2.45) is 0 Å². The van der Waals surface area contributed by atoms with E-state index < -0.39 is 0 Å². The van der Waals surface area contributed by atoms with Crippen LogP contribution in [0.1, 0.15) is 26.3 Å². The van der Waals surface area contributed by atoms with E-state index in [4.69, 9.17) is 0 Å². The summed E-state index contributed by atoms with van der Waals surface area (Å²) in [7, 11) is 0. The molecule has 2 nitrogen and oxygen atoms in total. The summed E-state index contributed by atoms with van der Waals surface area (Å²) in [5.74, 6) is 0. The third-order valence-electron chi connectivity index (χ3n) is 1.46. The van der Waals surface area contributed by atoms with Crippen LogP contribution >= 0.6 is 15.9 Å². The third kappa shape index (κ3) is 2.01. The van der Waals surface area contributed by atoms with E-state index in [-0.39, 0.29) is 0 Å². The molecular formula is C9H7BrO2. The van der Waals surface area contributed by atoms with Gasteiger partial charge in [-0.05, 0) is 23.8 Å². The minimum absolute atomic E-state index is 0.536. The van der Waals surface area contributed by atoms with Crippen molar-refractivity contribution in [2.45, 2.75) is 5.33 Å². The molecule has 62 valence electrons. The molecule has 0 amide bonds. The Kier molecular flexibility index (Phi) is 3.17. The summed E-state index contributed by atoms with van der Waals surface area (Å²) in [6.45, 7) is 0. The van der Waals surface area contributed by atoms with Gasteiger partial charge in [-0.25, -0.2) is 0 Å². The van der Waals surface area contributed by atoms with Crippen LogP contribution in [0.2, 0.25) is 0 Å². The van der Waals surface area contributed by atoms with Crippen LogP contribution in [0.3, 0.4) is 0 Å². The number of hydrogen-bond donors (Lipinski definition) is 0. The highest BCUT2D eigenvalue weighted by Crippen LogP contribution is 2.10. The lowest BCUT2D eigenvalue weighted by Gasteiger charge is -1.98. The van der Waals surface area contributed by atoms with Gasteiger partial charge in [0.2, 0.25) is 0 Å². The van der Waals surface area contributed by atoms with Gasteiger partial charge in [-0.3, -0.25) is 9.59 Å². The van der Waals surface area contributed by atoms with Gasteiger partial charge in [0, 0.05) is 16.5 Å². The van der Waals surface area contributed by atoms with Crippen LogP contribution in [0, 0.1) is 0 Å². The third-order valence-corrected chi connectivity index (χ3v) is 2.11. The van der Waals surface area contributed by atoms with Crippen molar-refractivity contribution in [3.05, 3.63) is 34.9 Å². The number of benzene rings is 1. The fourth-order valence-electron chi connectivity index (χ4n) is 0.959. The second-order valence-electron chi connectivity index (χ2n) is 2.38. The van der Waals surface area contributed by atoms with E-state index >= 15 is 0 Å². The molecule has 0 radical (unpaired) electrons. The molecule has 0 fully saturated rings. The maximum atomic E-state index is 10.4. The molecule has 0 saturated heterocycles. The molecule has 0 aliphatic carbocycles. The number of halogens is 1. The zero-order valence-corrected chi connectivity index (χ0v) is 7.87. The Bertz CT molecular complexity index is 281. The summed E-state index contributed by atoms with van der Waals surface area (Å²) in [6, 6.07) is 5.05. The van der Waals surface area contributed by atoms with Gasteiger partial charge in [0.05, 0.1) is 0 Å². The zero-order chi connectivity index (χ0) is 8.97. The Hall–Kier alpha value is -0.960. The number of carbonyl (C=O) groups is 2. The molecule has 0 aromatic heterocycles. The maximum absolute atomic E-state index is 10.4. The molecule has 1 aromatic rings. The number of hydrogen-bond acceptors (Lipinski definition) is 2. The summed E-state index contributed by atoms with van der Waals surface area (Å²) in [5.41, 5.74) is 2.00. The minimum Gasteiger partial charge on any atom is -0.298 e. The lowest BCUT2D eigenvalue weighted by atomic mass is 10.1. The van der Waals surface area contributed by atoms with E-state index in [0.29, 0.717) is 16.5 Å². The molecule has 1 rings (SSSR count). The molecule has 0 N–H and O–H groups in total. The van der Waals surface area contributed by atoms with Crippen LogP contribution in [0.5, 0.6) is 0 Å². The number of carbonyl (C=O) groups excluding carboxylic acids is 2. The minimum atomic E-state index is 0.536. The van der Waals surface area contributed by atoms with Gasteiger partial charge in [0.1, 0.15) is 12.6 Å². The van der Waals surface area contributed by atoms with E-state index in [0.717, 1.165) is 18.1 Å². The Morgan fingerprint density at radius 2 is 1.58 bits per heavy atom. The predicted molar refractivity (Wildman–Crippen MR) is 49.8 cm³/mol. The van der Waals surface area contributed by atoms with Crippen molar-refractivity contribution in [2.75, 3.05) is 0 Å². The van der Waals surface area contributed by atoms with Crippen molar-refractivity contribution in [1.29, 1.82) is 0 Å². The Balaban J connectivity index is 3.18. The molecule has 1 aromatic carbocycles. The number of alkyl halides is 1. The summed E-state index contributed by atoms with van der Waals surface area (Å²) < 4.78 is 0. The first kappa shape index (κ1) is 9.13. The van der Waals surface area contributed by atoms with Crippen molar-refractivity contribution in [3.63, 3.8) is 0 Å². The first-order valence-electron chi connectivity index (χ1n) is 3.40. The molecule has 0 aliphatic heterocycles. The Morgan fingerprint density at radius 1 is 1.08 bits per heavy atom. The van der Waals surface area contributed by atoms with Gasteiger partial charge in [-0.15, -0.1) is 0 Å². The van der Waals surface area contributed by atoms with Crippen LogP contribution < -0.4 is 0 Å². The quantitative estimate of drug-likeness (QED) is 0.585. The first-order chi connectivity index (χ1) is 5.80. The summed E-state index contributed by atoms with van der Waals surface area (Å²) in [4.78, 5) is 20.8. The van der Waals surface area contributed by atoms with Crippen LogP contribution in [-0.4, -0.2) is 12.6 Å². The topological polar surface area (TPSA) is 34.1 Å². The van der Waals surface area contributed by atoms with E-state index in [2.05, 4.69) is 15.9 Å². The molecule has 0 atom stereocenters.